The number of rotatable bonds is 6. The Morgan fingerprint density at radius 2 is 1.79 bits per heavy atom. The molecule has 0 atom stereocenters. The normalized spacial score (nSPS) is 10.8. The fraction of sp³-hybridized carbons (Fsp3) is 0. The second-order valence-electron chi connectivity index (χ2n) is 3.85. The van der Waals surface area contributed by atoms with Crippen molar-refractivity contribution >= 4 is 75.5 Å². The van der Waals surface area contributed by atoms with E-state index >= 15 is 0 Å². The fourth-order valence-electron chi connectivity index (χ4n) is 1.44. The molecule has 0 aliphatic rings. The lowest BCUT2D eigenvalue weighted by Gasteiger charge is -2.02. The summed E-state index contributed by atoms with van der Waals surface area (Å²) in [5.41, 5.74) is 10.9. The van der Waals surface area contributed by atoms with Gasteiger partial charge >= 0.3 is 0 Å². The van der Waals surface area contributed by atoms with E-state index in [1.807, 2.05) is 45.7 Å². The van der Waals surface area contributed by atoms with Gasteiger partial charge in [0.05, 0.1) is 45.7 Å². The van der Waals surface area contributed by atoms with Crippen LogP contribution in [0.5, 0.6) is 0 Å². The summed E-state index contributed by atoms with van der Waals surface area (Å²) in [6.45, 7) is 0. The van der Waals surface area contributed by atoms with Crippen LogP contribution in [-0.4, -0.2) is 51.8 Å². The van der Waals surface area contributed by atoms with E-state index in [0.717, 1.165) is 0 Å². The molecule has 16 nitrogen and oxygen atoms in total. The van der Waals surface area contributed by atoms with Crippen LogP contribution in [0, 0.1) is 0 Å². The summed E-state index contributed by atoms with van der Waals surface area (Å²) in [6.07, 6.45) is 0. The first-order valence-corrected chi connectivity index (χ1v) is 7.83. The van der Waals surface area contributed by atoms with Gasteiger partial charge in [0.25, 0.3) is 23.8 Å². The van der Waals surface area contributed by atoms with E-state index in [2.05, 4.69) is 61.8 Å². The largest absolute Gasteiger partial charge is 0.368 e. The zero-order valence-corrected chi connectivity index (χ0v) is 15.7. The van der Waals surface area contributed by atoms with Gasteiger partial charge in [-0.1, -0.05) is 1.44 Å². The number of hydrazine groups is 2. The van der Waals surface area contributed by atoms with Gasteiger partial charge in [0.2, 0.25) is 11.9 Å². The molecule has 0 aromatic carbocycles. The lowest BCUT2D eigenvalue weighted by atomic mass is 10.9. The van der Waals surface area contributed by atoms with Gasteiger partial charge in [-0.05, 0) is 0 Å². The van der Waals surface area contributed by atoms with Crippen LogP contribution in [-0.2, 0) is 0 Å². The average Bonchev–Trinajstić information content (AvgIpc) is 3.14. The first-order chi connectivity index (χ1) is 11.5. The van der Waals surface area contributed by atoms with Crippen molar-refractivity contribution in [2.75, 3.05) is 21.9 Å². The number of nitrogens with two attached hydrogens (primary N) is 2. The molecule has 0 saturated carbocycles. The average molecular weight is 558 g/mol. The number of anilines is 5. The molecule has 0 fully saturated rings. The van der Waals surface area contributed by atoms with E-state index in [4.69, 9.17) is 11.6 Å². The summed E-state index contributed by atoms with van der Waals surface area (Å²) < 4.78 is 2.79. The van der Waals surface area contributed by atoms with Crippen molar-refractivity contribution in [3.8, 4) is 5.95 Å². The third-order valence-electron chi connectivity index (χ3n) is 2.32. The number of nitrogens with one attached hydrogen (secondary N) is 4. The number of hydrogen-bond acceptors (Lipinski definition) is 14. The Hall–Kier alpha value is -2.20. The third kappa shape index (κ3) is 3.82. The highest BCUT2D eigenvalue weighted by atomic mass is 127. The highest BCUT2D eigenvalue weighted by Gasteiger charge is 2.14. The number of halogens is 2. The van der Waals surface area contributed by atoms with Crippen LogP contribution >= 0.6 is 45.7 Å². The number of nitrogens with zero attached hydrogens (tertiary/aromatic N) is 10. The minimum absolute atomic E-state index is 0.0500. The first kappa shape index (κ1) is 16.7. The Bertz CT molecular complexity index is 806. The summed E-state index contributed by atoms with van der Waals surface area (Å²) in [7, 11) is 0. The van der Waals surface area contributed by atoms with E-state index in [9.17, 15) is 0 Å². The molecule has 3 heterocycles. The highest BCUT2D eigenvalue weighted by Crippen LogP contribution is 2.14. The van der Waals surface area contributed by atoms with Crippen LogP contribution in [0.2, 0.25) is 0 Å². The van der Waals surface area contributed by atoms with Crippen LogP contribution in [0.15, 0.2) is 0 Å². The van der Waals surface area contributed by atoms with Gasteiger partial charge in [-0.15, -0.1) is 30.6 Å². The molecule has 126 valence electrons. The molecule has 18 heteroatoms. The molecule has 0 radical (unpaired) electrons. The standard InChI is InChI=1S/C6H8I2N16/c7-24(8)22-5-11-1(9)23(21-5)6-19-17-4(18-20-6)13-2-12-3(14-10)16-15-2/h10H2,(H3,9,11,21,22)(H3,12,13,14,15,16,17,18). The van der Waals surface area contributed by atoms with E-state index in [-0.39, 0.29) is 35.7 Å². The van der Waals surface area contributed by atoms with Crippen molar-refractivity contribution in [1.82, 2.24) is 51.8 Å². The maximum absolute atomic E-state index is 5.76. The second kappa shape index (κ2) is 7.14. The lowest BCUT2D eigenvalue weighted by Crippen LogP contribution is -2.12. The van der Waals surface area contributed by atoms with E-state index in [1.54, 1.807) is 1.44 Å². The summed E-state index contributed by atoms with van der Waals surface area (Å²) in [4.78, 5) is 7.94. The molecule has 0 aliphatic heterocycles. The molecule has 0 amide bonds. The van der Waals surface area contributed by atoms with Gasteiger partial charge in [0, 0.05) is 0 Å². The van der Waals surface area contributed by atoms with Crippen molar-refractivity contribution < 1.29 is 0 Å². The zero-order chi connectivity index (χ0) is 17.1. The van der Waals surface area contributed by atoms with Crippen molar-refractivity contribution in [3.05, 3.63) is 0 Å². The SMILES string of the molecule is NNc1n[nH]c(Nc2nnc(-n3nc(NN(I)I)nc3N)nn2)n1. The van der Waals surface area contributed by atoms with Crippen LogP contribution < -0.4 is 27.7 Å². The molecular formula is C6H8I2N16. The predicted octanol–water partition coefficient (Wildman–Crippen LogP) is -1.09. The van der Waals surface area contributed by atoms with Crippen LogP contribution in [0.1, 0.15) is 0 Å². The van der Waals surface area contributed by atoms with Crippen molar-refractivity contribution in [2.45, 2.75) is 0 Å². The Labute approximate surface area is 160 Å². The van der Waals surface area contributed by atoms with Crippen molar-refractivity contribution in [3.63, 3.8) is 0 Å². The Balaban J connectivity index is 1.75. The van der Waals surface area contributed by atoms with Crippen LogP contribution in [0.4, 0.5) is 29.7 Å². The summed E-state index contributed by atoms with van der Waals surface area (Å²) in [5, 5.41) is 28.6. The number of aromatic nitrogens is 10. The third-order valence-corrected chi connectivity index (χ3v) is 2.80. The van der Waals surface area contributed by atoms with Gasteiger partial charge in [-0.2, -0.15) is 14.6 Å². The number of hydrogen-bond donors (Lipinski definition) is 6. The molecule has 3 aromatic rings. The van der Waals surface area contributed by atoms with Gasteiger partial charge in [0.1, 0.15) is 0 Å². The van der Waals surface area contributed by atoms with Gasteiger partial charge in [-0.3, -0.25) is 16.2 Å². The van der Waals surface area contributed by atoms with Gasteiger partial charge < -0.3 is 5.73 Å². The number of aromatic amines is 1. The zero-order valence-electron chi connectivity index (χ0n) is 11.4. The molecule has 0 saturated heterocycles. The molecule has 3 aromatic heterocycles. The molecule has 0 spiro atoms. The topological polar surface area (TPSA) is 215 Å². The number of H-pyrrole nitrogens is 1. The Morgan fingerprint density at radius 3 is 2.42 bits per heavy atom. The highest BCUT2D eigenvalue weighted by molar-refractivity contribution is 14.2. The van der Waals surface area contributed by atoms with Gasteiger partial charge in [0.15, 0.2) is 0 Å². The molecule has 0 unspecified atom stereocenters. The summed E-state index contributed by atoms with van der Waals surface area (Å²) >= 11 is 3.98. The maximum atomic E-state index is 5.76. The molecule has 8 N–H and O–H groups in total. The molecular weight excluding hydrogens is 550 g/mol. The molecule has 24 heavy (non-hydrogen) atoms. The van der Waals surface area contributed by atoms with Crippen LogP contribution in [0.25, 0.3) is 5.95 Å². The smallest absolute Gasteiger partial charge is 0.292 e. The van der Waals surface area contributed by atoms with Crippen LogP contribution in [0.3, 0.4) is 0 Å². The quantitative estimate of drug-likeness (QED) is 0.0918. The minimum Gasteiger partial charge on any atom is -0.368 e. The first-order valence-electron chi connectivity index (χ1n) is 5.90. The van der Waals surface area contributed by atoms with Crippen molar-refractivity contribution in [2.24, 2.45) is 5.84 Å². The maximum Gasteiger partial charge on any atom is 0.292 e. The fourth-order valence-corrected chi connectivity index (χ4v) is 1.87. The molecule has 3 rings (SSSR count). The van der Waals surface area contributed by atoms with Gasteiger partial charge in [-0.25, -0.2) is 10.9 Å². The lowest BCUT2D eigenvalue weighted by molar-refractivity contribution is 0.737. The predicted molar refractivity (Wildman–Crippen MR) is 97.9 cm³/mol. The summed E-state index contributed by atoms with van der Waals surface area (Å²) in [6, 6.07) is 0. The Kier molecular flexibility index (Phi) is 4.95. The molecule has 0 bridgehead atoms. The van der Waals surface area contributed by atoms with E-state index in [0.29, 0.717) is 0 Å². The van der Waals surface area contributed by atoms with E-state index < -0.39 is 0 Å². The van der Waals surface area contributed by atoms with Crippen molar-refractivity contribution in [1.29, 1.82) is 0 Å². The second-order valence-corrected chi connectivity index (χ2v) is 7.63. The molecule has 0 aliphatic carbocycles. The van der Waals surface area contributed by atoms with E-state index in [1.165, 1.54) is 4.68 Å². The number of nitrogen functional groups attached to an aromatic ring is 2. The minimum atomic E-state index is 0.0500. The Morgan fingerprint density at radius 1 is 1.04 bits per heavy atom. The summed E-state index contributed by atoms with van der Waals surface area (Å²) in [5.74, 6) is 6.11. The monoisotopic (exact) mass is 558 g/mol.